The Morgan fingerprint density at radius 1 is 1.02 bits per heavy atom. The highest BCUT2D eigenvalue weighted by Gasteiger charge is 2.24. The van der Waals surface area contributed by atoms with Gasteiger partial charge >= 0.3 is 6.09 Å². The maximum absolute atomic E-state index is 15.0. The number of morpholine rings is 1. The molecule has 3 aromatic rings. The number of nitrogens with two attached hydrogens (primary N) is 1. The van der Waals surface area contributed by atoms with Crippen molar-refractivity contribution < 1.29 is 32.2 Å². The third-order valence-electron chi connectivity index (χ3n) is 6.54. The van der Waals surface area contributed by atoms with Crippen LogP contribution in [-0.4, -0.2) is 49.9 Å². The van der Waals surface area contributed by atoms with E-state index in [1.54, 1.807) is 24.3 Å². The van der Waals surface area contributed by atoms with Crippen LogP contribution >= 0.6 is 0 Å². The lowest BCUT2D eigenvalue weighted by Gasteiger charge is -2.30. The van der Waals surface area contributed by atoms with Gasteiger partial charge in [-0.1, -0.05) is 18.2 Å². The lowest BCUT2D eigenvalue weighted by molar-refractivity contribution is -0.116. The zero-order valence-corrected chi connectivity index (χ0v) is 21.7. The number of primary amides is 1. The molecule has 5 N–H and O–H groups in total. The minimum absolute atomic E-state index is 0.0961. The Labute approximate surface area is 230 Å². The monoisotopic (exact) mass is 556 g/mol. The van der Waals surface area contributed by atoms with Gasteiger partial charge in [0.15, 0.2) is 0 Å². The van der Waals surface area contributed by atoms with Gasteiger partial charge in [-0.25, -0.2) is 18.0 Å². The molecular formula is C29H31F3N4O4. The van der Waals surface area contributed by atoms with E-state index in [9.17, 15) is 18.4 Å². The molecule has 4 rings (SSSR count). The standard InChI is InChI=1S/C29H31F3N4O4/c30-19-6-4-18(5-7-19)14-27(28(37)35-21-10-8-20(31)9-11-21)36-26-3-1-2-25(32)24(26)13-12-23-15-34-22(16-39-23)17-40-29(33)38/h1-11,22-23,27,34,36H,12-17H2,(H2,33,38)(H,35,37)/t22-,23+,27-/m0/s1. The van der Waals surface area contributed by atoms with Crippen LogP contribution in [0.4, 0.5) is 29.3 Å². The third-order valence-corrected chi connectivity index (χ3v) is 6.54. The molecule has 2 amide bonds. The second-order valence-electron chi connectivity index (χ2n) is 9.52. The summed E-state index contributed by atoms with van der Waals surface area (Å²) in [6.45, 7) is 0.889. The van der Waals surface area contributed by atoms with Gasteiger partial charge in [0.25, 0.3) is 0 Å². The average Bonchev–Trinajstić information content (AvgIpc) is 2.94. The number of nitrogens with one attached hydrogen (secondary N) is 3. The molecule has 1 saturated heterocycles. The maximum Gasteiger partial charge on any atom is 0.404 e. The number of amides is 2. The van der Waals surface area contributed by atoms with Gasteiger partial charge in [0.2, 0.25) is 5.91 Å². The second-order valence-corrected chi connectivity index (χ2v) is 9.52. The van der Waals surface area contributed by atoms with Gasteiger partial charge in [-0.15, -0.1) is 0 Å². The number of rotatable bonds is 11. The lowest BCUT2D eigenvalue weighted by Crippen LogP contribution is -2.49. The molecule has 0 unspecified atom stereocenters. The summed E-state index contributed by atoms with van der Waals surface area (Å²) in [5.74, 6) is -1.69. The first kappa shape index (κ1) is 28.9. The number of carbonyl (C=O) groups is 2. The smallest absolute Gasteiger partial charge is 0.404 e. The van der Waals surface area contributed by atoms with Gasteiger partial charge in [0, 0.05) is 29.9 Å². The number of anilines is 2. The van der Waals surface area contributed by atoms with Crippen LogP contribution in [0.5, 0.6) is 0 Å². The summed E-state index contributed by atoms with van der Waals surface area (Å²) in [6, 6.07) is 14.7. The van der Waals surface area contributed by atoms with Crippen LogP contribution in [0.3, 0.4) is 0 Å². The molecule has 0 aliphatic carbocycles. The summed E-state index contributed by atoms with van der Waals surface area (Å²) in [5, 5.41) is 9.15. The zero-order chi connectivity index (χ0) is 28.5. The van der Waals surface area contributed by atoms with E-state index in [1.165, 1.54) is 42.5 Å². The highest BCUT2D eigenvalue weighted by Crippen LogP contribution is 2.24. The molecular weight excluding hydrogens is 525 g/mol. The van der Waals surface area contributed by atoms with Crippen LogP contribution < -0.4 is 21.7 Å². The zero-order valence-electron chi connectivity index (χ0n) is 21.7. The van der Waals surface area contributed by atoms with E-state index in [-0.39, 0.29) is 25.2 Å². The molecule has 8 nitrogen and oxygen atoms in total. The summed E-state index contributed by atoms with van der Waals surface area (Å²) in [5.41, 5.74) is 6.93. The van der Waals surface area contributed by atoms with E-state index >= 15 is 4.39 Å². The molecule has 1 fully saturated rings. The van der Waals surface area contributed by atoms with Crippen LogP contribution in [0, 0.1) is 17.5 Å². The predicted octanol–water partition coefficient (Wildman–Crippen LogP) is 4.15. The van der Waals surface area contributed by atoms with Gasteiger partial charge in [0.05, 0.1) is 18.8 Å². The highest BCUT2D eigenvalue weighted by molar-refractivity contribution is 5.96. The van der Waals surface area contributed by atoms with Crippen molar-refractivity contribution in [2.24, 2.45) is 5.73 Å². The molecule has 0 radical (unpaired) electrons. The van der Waals surface area contributed by atoms with Crippen molar-refractivity contribution in [2.75, 3.05) is 30.4 Å². The number of ether oxygens (including phenoxy) is 2. The van der Waals surface area contributed by atoms with Crippen molar-refractivity contribution in [3.05, 3.63) is 95.3 Å². The Morgan fingerprint density at radius 3 is 2.38 bits per heavy atom. The fraction of sp³-hybridized carbons (Fsp3) is 0.310. The van der Waals surface area contributed by atoms with Gasteiger partial charge in [-0.05, 0) is 66.9 Å². The van der Waals surface area contributed by atoms with Crippen molar-refractivity contribution >= 4 is 23.4 Å². The van der Waals surface area contributed by atoms with Crippen molar-refractivity contribution in [1.29, 1.82) is 0 Å². The molecule has 0 bridgehead atoms. The first-order valence-electron chi connectivity index (χ1n) is 12.9. The average molecular weight is 557 g/mol. The Hall–Kier alpha value is -4.09. The van der Waals surface area contributed by atoms with E-state index in [4.69, 9.17) is 15.2 Å². The summed E-state index contributed by atoms with van der Waals surface area (Å²) in [6.07, 6.45) is -0.0434. The summed E-state index contributed by atoms with van der Waals surface area (Å²) >= 11 is 0. The number of halogens is 3. The Bertz CT molecular complexity index is 1280. The minimum atomic E-state index is -0.854. The van der Waals surface area contributed by atoms with E-state index in [1.807, 2.05) is 0 Å². The number of benzene rings is 3. The second kappa shape index (κ2) is 13.8. The SMILES string of the molecule is NC(=O)OC[C@@H]1CO[C@H](CCc2c(F)cccc2N[C@@H](Cc2ccc(F)cc2)C(=O)Nc2ccc(F)cc2)CN1. The first-order chi connectivity index (χ1) is 19.3. The summed E-state index contributed by atoms with van der Waals surface area (Å²) in [4.78, 5) is 24.1. The van der Waals surface area contributed by atoms with E-state index in [2.05, 4.69) is 16.0 Å². The van der Waals surface area contributed by atoms with Gasteiger partial charge in [-0.2, -0.15) is 0 Å². The molecule has 3 atom stereocenters. The van der Waals surface area contributed by atoms with Crippen LogP contribution in [-0.2, 0) is 27.1 Å². The molecule has 11 heteroatoms. The van der Waals surface area contributed by atoms with E-state index in [0.717, 1.165) is 0 Å². The molecule has 40 heavy (non-hydrogen) atoms. The number of hydrogen-bond donors (Lipinski definition) is 4. The van der Waals surface area contributed by atoms with Crippen LogP contribution in [0.1, 0.15) is 17.5 Å². The van der Waals surface area contributed by atoms with Crippen molar-refractivity contribution in [3.8, 4) is 0 Å². The predicted molar refractivity (Wildman–Crippen MR) is 144 cm³/mol. The first-order valence-corrected chi connectivity index (χ1v) is 12.9. The summed E-state index contributed by atoms with van der Waals surface area (Å²) < 4.78 is 52.5. The molecule has 1 heterocycles. The van der Waals surface area contributed by atoms with Crippen molar-refractivity contribution in [2.45, 2.75) is 37.5 Å². The molecule has 1 aliphatic rings. The van der Waals surface area contributed by atoms with Crippen molar-refractivity contribution in [1.82, 2.24) is 5.32 Å². The van der Waals surface area contributed by atoms with Gasteiger partial charge in [0.1, 0.15) is 30.1 Å². The van der Waals surface area contributed by atoms with Crippen LogP contribution in [0.25, 0.3) is 0 Å². The van der Waals surface area contributed by atoms with Gasteiger partial charge < -0.3 is 31.2 Å². The fourth-order valence-electron chi connectivity index (χ4n) is 4.41. The minimum Gasteiger partial charge on any atom is -0.448 e. The molecule has 3 aromatic carbocycles. The van der Waals surface area contributed by atoms with E-state index in [0.29, 0.717) is 48.5 Å². The van der Waals surface area contributed by atoms with Crippen molar-refractivity contribution in [3.63, 3.8) is 0 Å². The van der Waals surface area contributed by atoms with Crippen LogP contribution in [0.15, 0.2) is 66.7 Å². The highest BCUT2D eigenvalue weighted by atomic mass is 19.1. The normalized spacial score (nSPS) is 17.6. The quantitative estimate of drug-likeness (QED) is 0.282. The third kappa shape index (κ3) is 8.45. The maximum atomic E-state index is 15.0. The molecule has 1 aliphatic heterocycles. The Balaban J connectivity index is 1.45. The molecule has 0 aromatic heterocycles. The molecule has 212 valence electrons. The Kier molecular flexibility index (Phi) is 9.98. The number of carbonyl (C=O) groups excluding carboxylic acids is 2. The van der Waals surface area contributed by atoms with Gasteiger partial charge in [-0.3, -0.25) is 4.79 Å². The van der Waals surface area contributed by atoms with Crippen LogP contribution in [0.2, 0.25) is 0 Å². The summed E-state index contributed by atoms with van der Waals surface area (Å²) in [7, 11) is 0. The molecule has 0 saturated carbocycles. The number of hydrogen-bond acceptors (Lipinski definition) is 6. The fourth-order valence-corrected chi connectivity index (χ4v) is 4.41. The topological polar surface area (TPSA) is 115 Å². The molecule has 0 spiro atoms. The Morgan fingerprint density at radius 2 is 1.73 bits per heavy atom. The lowest BCUT2D eigenvalue weighted by atomic mass is 10.0. The van der Waals surface area contributed by atoms with E-state index < -0.39 is 35.5 Å². The largest absolute Gasteiger partial charge is 0.448 e.